The third kappa shape index (κ3) is 4.01. The summed E-state index contributed by atoms with van der Waals surface area (Å²) in [4.78, 5) is 21.9. The lowest BCUT2D eigenvalue weighted by molar-refractivity contribution is 0.0392. The molecule has 1 aliphatic heterocycles. The number of hydrogen-bond acceptors (Lipinski definition) is 7. The summed E-state index contributed by atoms with van der Waals surface area (Å²) in [6.07, 6.45) is 8.65. The van der Waals surface area contributed by atoms with Crippen molar-refractivity contribution < 1.29 is 4.74 Å². The zero-order valence-electron chi connectivity index (χ0n) is 18.9. The Labute approximate surface area is 183 Å². The summed E-state index contributed by atoms with van der Waals surface area (Å²) in [5, 5.41) is 4.30. The van der Waals surface area contributed by atoms with Gasteiger partial charge in [0.2, 0.25) is 5.95 Å². The molecule has 2 aliphatic rings. The third-order valence-corrected chi connectivity index (χ3v) is 6.81. The fraction of sp³-hybridized carbons (Fsp3) is 0.609. The fourth-order valence-corrected chi connectivity index (χ4v) is 4.72. The Morgan fingerprint density at radius 2 is 1.77 bits per heavy atom. The Morgan fingerprint density at radius 1 is 1.00 bits per heavy atom. The van der Waals surface area contributed by atoms with Gasteiger partial charge in [-0.2, -0.15) is 10.1 Å². The van der Waals surface area contributed by atoms with Crippen LogP contribution in [0.5, 0.6) is 0 Å². The Morgan fingerprint density at radius 3 is 2.52 bits per heavy atom. The van der Waals surface area contributed by atoms with E-state index in [0.29, 0.717) is 24.7 Å². The molecule has 1 atom stereocenters. The van der Waals surface area contributed by atoms with Gasteiger partial charge in [0.05, 0.1) is 36.4 Å². The molecule has 31 heavy (non-hydrogen) atoms. The molecule has 1 saturated carbocycles. The van der Waals surface area contributed by atoms with E-state index in [9.17, 15) is 0 Å². The lowest BCUT2D eigenvalue weighted by atomic mass is 9.81. The van der Waals surface area contributed by atoms with Crippen molar-refractivity contribution in [1.82, 2.24) is 29.7 Å². The zero-order valence-corrected chi connectivity index (χ0v) is 18.9. The van der Waals surface area contributed by atoms with E-state index in [0.717, 1.165) is 59.4 Å². The lowest BCUT2D eigenvalue weighted by Gasteiger charge is -2.33. The molecule has 0 radical (unpaired) electrons. The summed E-state index contributed by atoms with van der Waals surface area (Å²) in [5.41, 5.74) is 5.63. The number of anilines is 1. The molecule has 5 rings (SSSR count). The first-order valence-corrected chi connectivity index (χ1v) is 11.4. The minimum Gasteiger partial charge on any atom is -0.370 e. The van der Waals surface area contributed by atoms with E-state index in [2.05, 4.69) is 16.9 Å². The smallest absolute Gasteiger partial charge is 0.227 e. The molecule has 3 aromatic heterocycles. The highest BCUT2D eigenvalue weighted by Gasteiger charge is 2.29. The molecule has 8 nitrogen and oxygen atoms in total. The highest BCUT2D eigenvalue weighted by atomic mass is 16.5. The molecule has 1 saturated heterocycles. The van der Waals surface area contributed by atoms with Crippen molar-refractivity contribution in [1.29, 1.82) is 0 Å². The summed E-state index contributed by atoms with van der Waals surface area (Å²) in [5.74, 6) is 1.96. The molecule has 0 spiro atoms. The Hall–Kier alpha value is -2.61. The first-order chi connectivity index (χ1) is 15.0. The van der Waals surface area contributed by atoms with E-state index in [1.54, 1.807) is 0 Å². The van der Waals surface area contributed by atoms with E-state index >= 15 is 0 Å². The first-order valence-electron chi connectivity index (χ1n) is 11.4. The van der Waals surface area contributed by atoms with E-state index in [1.165, 1.54) is 12.8 Å². The minimum absolute atomic E-state index is 0.0356. The van der Waals surface area contributed by atoms with Crippen molar-refractivity contribution >= 4 is 17.1 Å². The number of rotatable bonds is 3. The average Bonchev–Trinajstić information content (AvgIpc) is 3.21. The van der Waals surface area contributed by atoms with Crippen LogP contribution in [0.4, 0.5) is 5.95 Å². The van der Waals surface area contributed by atoms with Gasteiger partial charge in [-0.3, -0.25) is 4.68 Å². The topological polar surface area (TPSA) is 81.9 Å². The third-order valence-electron chi connectivity index (χ3n) is 6.81. The van der Waals surface area contributed by atoms with Crippen molar-refractivity contribution in [2.24, 2.45) is 13.0 Å². The molecule has 0 N–H and O–H groups in total. The fourth-order valence-electron chi connectivity index (χ4n) is 4.72. The quantitative estimate of drug-likeness (QED) is 0.638. The van der Waals surface area contributed by atoms with Gasteiger partial charge >= 0.3 is 0 Å². The molecule has 0 aromatic carbocycles. The van der Waals surface area contributed by atoms with Crippen LogP contribution in [0.15, 0.2) is 12.4 Å². The van der Waals surface area contributed by atoms with Crippen LogP contribution in [0.1, 0.15) is 67.3 Å². The number of aromatic nitrogens is 6. The van der Waals surface area contributed by atoms with Crippen molar-refractivity contribution in [3.63, 3.8) is 0 Å². The van der Waals surface area contributed by atoms with Crippen LogP contribution >= 0.6 is 0 Å². The summed E-state index contributed by atoms with van der Waals surface area (Å²) in [6.45, 7) is 8.47. The maximum atomic E-state index is 6.03. The number of morpholine rings is 1. The van der Waals surface area contributed by atoms with E-state index < -0.39 is 0 Å². The Kier molecular flexibility index (Phi) is 5.33. The number of nitrogens with zero attached hydrogens (tertiary/aromatic N) is 7. The van der Waals surface area contributed by atoms with Crippen LogP contribution in [0, 0.1) is 19.8 Å². The van der Waals surface area contributed by atoms with Gasteiger partial charge in [-0.25, -0.2) is 15.0 Å². The van der Waals surface area contributed by atoms with E-state index in [4.69, 9.17) is 24.7 Å². The second kappa shape index (κ2) is 8.15. The van der Waals surface area contributed by atoms with Crippen LogP contribution in [0.2, 0.25) is 0 Å². The Bertz CT molecular complexity index is 1090. The SMILES string of the molecule is Cc1nc2nc(N3CCO[C@H](c4cnn(C)c4)C3)nc(C3CCC(C)CC3)c2nc1C. The van der Waals surface area contributed by atoms with Gasteiger partial charge in [-0.05, 0) is 32.6 Å². The predicted octanol–water partition coefficient (Wildman–Crippen LogP) is 3.64. The van der Waals surface area contributed by atoms with E-state index in [-0.39, 0.29) is 6.10 Å². The van der Waals surface area contributed by atoms with Gasteiger partial charge < -0.3 is 9.64 Å². The molecule has 2 fully saturated rings. The first kappa shape index (κ1) is 20.3. The van der Waals surface area contributed by atoms with Gasteiger partial charge in [0.15, 0.2) is 5.65 Å². The molecule has 0 amide bonds. The molecular formula is C23H31N7O. The summed E-state index contributed by atoms with van der Waals surface area (Å²) in [6, 6.07) is 0. The van der Waals surface area contributed by atoms with Gasteiger partial charge in [0.1, 0.15) is 11.6 Å². The lowest BCUT2D eigenvalue weighted by Crippen LogP contribution is -2.39. The average molecular weight is 422 g/mol. The van der Waals surface area contributed by atoms with E-state index in [1.807, 2.05) is 38.0 Å². The van der Waals surface area contributed by atoms with Crippen molar-refractivity contribution in [3.05, 3.63) is 35.0 Å². The monoisotopic (exact) mass is 421 g/mol. The molecule has 0 unspecified atom stereocenters. The standard InChI is InChI=1S/C23H31N7O/c1-14-5-7-17(8-6-14)20-21-22(26-16(3)15(2)25-21)28-23(27-20)30-9-10-31-19(13-30)18-11-24-29(4)12-18/h11-12,14,17,19H,5-10,13H2,1-4H3/t14?,17?,19-/m0/s1. The van der Waals surface area contributed by atoms with Crippen LogP contribution in [-0.2, 0) is 11.8 Å². The molecule has 4 heterocycles. The summed E-state index contributed by atoms with van der Waals surface area (Å²) < 4.78 is 7.84. The van der Waals surface area contributed by atoms with Gasteiger partial charge in [-0.15, -0.1) is 0 Å². The van der Waals surface area contributed by atoms with Gasteiger partial charge in [0.25, 0.3) is 0 Å². The second-order valence-corrected chi connectivity index (χ2v) is 9.19. The highest BCUT2D eigenvalue weighted by molar-refractivity contribution is 5.75. The molecule has 8 heteroatoms. The highest BCUT2D eigenvalue weighted by Crippen LogP contribution is 2.37. The summed E-state index contributed by atoms with van der Waals surface area (Å²) in [7, 11) is 1.93. The number of ether oxygens (including phenoxy) is 1. The Balaban J connectivity index is 1.53. The van der Waals surface area contributed by atoms with Crippen molar-refractivity contribution in [2.45, 2.75) is 58.5 Å². The molecule has 0 bridgehead atoms. The molecule has 164 valence electrons. The van der Waals surface area contributed by atoms with Crippen molar-refractivity contribution in [3.8, 4) is 0 Å². The number of hydrogen-bond donors (Lipinski definition) is 0. The largest absolute Gasteiger partial charge is 0.370 e. The minimum atomic E-state index is -0.0356. The van der Waals surface area contributed by atoms with Crippen LogP contribution in [0.3, 0.4) is 0 Å². The number of fused-ring (bicyclic) bond motifs is 1. The number of aryl methyl sites for hydroxylation is 3. The van der Waals surface area contributed by atoms with Crippen LogP contribution < -0.4 is 4.90 Å². The van der Waals surface area contributed by atoms with Crippen molar-refractivity contribution in [2.75, 3.05) is 24.6 Å². The van der Waals surface area contributed by atoms with Crippen LogP contribution in [0.25, 0.3) is 11.2 Å². The maximum absolute atomic E-state index is 6.03. The zero-order chi connectivity index (χ0) is 21.5. The second-order valence-electron chi connectivity index (χ2n) is 9.19. The summed E-state index contributed by atoms with van der Waals surface area (Å²) >= 11 is 0. The van der Waals surface area contributed by atoms with Crippen LogP contribution in [-0.4, -0.2) is 49.4 Å². The molecule has 3 aromatic rings. The molecule has 1 aliphatic carbocycles. The predicted molar refractivity (Wildman–Crippen MR) is 119 cm³/mol. The maximum Gasteiger partial charge on any atom is 0.227 e. The molecular weight excluding hydrogens is 390 g/mol. The normalized spacial score (nSPS) is 24.6. The van der Waals surface area contributed by atoms with Gasteiger partial charge in [-0.1, -0.05) is 19.8 Å². The van der Waals surface area contributed by atoms with Gasteiger partial charge in [0, 0.05) is 31.3 Å².